The minimum atomic E-state index is -3.63. The standard InChI is InChI=1S/C23H30N2O4S/c1-3-23(26)24-21-17-20(10-11-22(21)29-4-2)30(27,28)25-14-12-19(13-15-25)16-18-8-6-5-7-9-18/h5-11,17,19H,3-4,12-16H2,1-2H3,(H,24,26). The highest BCUT2D eigenvalue weighted by molar-refractivity contribution is 7.89. The van der Waals surface area contributed by atoms with Crippen LogP contribution in [0.3, 0.4) is 0 Å². The van der Waals surface area contributed by atoms with Crippen molar-refractivity contribution < 1.29 is 17.9 Å². The Hall–Kier alpha value is -2.38. The molecule has 0 saturated carbocycles. The second-order valence-corrected chi connectivity index (χ2v) is 9.47. The summed E-state index contributed by atoms with van der Waals surface area (Å²) < 4.78 is 33.5. The molecule has 2 aromatic carbocycles. The average molecular weight is 431 g/mol. The first-order chi connectivity index (χ1) is 14.4. The number of amides is 1. The van der Waals surface area contributed by atoms with Crippen molar-refractivity contribution in [2.45, 2.75) is 44.4 Å². The van der Waals surface area contributed by atoms with Crippen LogP contribution in [0.2, 0.25) is 0 Å². The highest BCUT2D eigenvalue weighted by Crippen LogP contribution is 2.31. The molecule has 0 spiro atoms. The van der Waals surface area contributed by atoms with Gasteiger partial charge in [0.15, 0.2) is 0 Å². The molecule has 0 atom stereocenters. The third-order valence-corrected chi connectivity index (χ3v) is 7.32. The van der Waals surface area contributed by atoms with E-state index in [0.717, 1.165) is 19.3 Å². The number of anilines is 1. The van der Waals surface area contributed by atoms with E-state index in [0.29, 0.717) is 43.5 Å². The highest BCUT2D eigenvalue weighted by Gasteiger charge is 2.30. The Morgan fingerprint density at radius 2 is 1.80 bits per heavy atom. The maximum Gasteiger partial charge on any atom is 0.243 e. The van der Waals surface area contributed by atoms with Gasteiger partial charge in [-0.3, -0.25) is 4.79 Å². The van der Waals surface area contributed by atoms with Gasteiger partial charge in [-0.2, -0.15) is 4.31 Å². The molecule has 7 heteroatoms. The quantitative estimate of drug-likeness (QED) is 0.685. The zero-order chi connectivity index (χ0) is 21.6. The predicted octanol–water partition coefficient (Wildman–Crippen LogP) is 4.08. The van der Waals surface area contributed by atoms with Gasteiger partial charge in [-0.1, -0.05) is 37.3 Å². The first kappa shape index (κ1) is 22.3. The molecule has 1 saturated heterocycles. The number of hydrogen-bond acceptors (Lipinski definition) is 4. The van der Waals surface area contributed by atoms with Crippen LogP contribution < -0.4 is 10.1 Å². The van der Waals surface area contributed by atoms with Crippen molar-refractivity contribution in [3.63, 3.8) is 0 Å². The molecule has 0 bridgehead atoms. The fourth-order valence-electron chi connectivity index (χ4n) is 3.74. The average Bonchev–Trinajstić information content (AvgIpc) is 2.76. The Bertz CT molecular complexity index is 952. The molecule has 30 heavy (non-hydrogen) atoms. The van der Waals surface area contributed by atoms with Gasteiger partial charge in [-0.25, -0.2) is 8.42 Å². The SMILES string of the molecule is CCOc1ccc(S(=O)(=O)N2CCC(Cc3ccccc3)CC2)cc1NC(=O)CC. The van der Waals surface area contributed by atoms with E-state index in [1.807, 2.05) is 25.1 Å². The van der Waals surface area contributed by atoms with E-state index in [-0.39, 0.29) is 10.8 Å². The van der Waals surface area contributed by atoms with Crippen LogP contribution in [0.15, 0.2) is 53.4 Å². The van der Waals surface area contributed by atoms with E-state index in [2.05, 4.69) is 17.4 Å². The van der Waals surface area contributed by atoms with Crippen LogP contribution in [0, 0.1) is 5.92 Å². The van der Waals surface area contributed by atoms with Crippen LogP contribution in [0.4, 0.5) is 5.69 Å². The van der Waals surface area contributed by atoms with Gasteiger partial charge in [0.25, 0.3) is 0 Å². The summed E-state index contributed by atoms with van der Waals surface area (Å²) in [7, 11) is -3.63. The molecule has 1 aliphatic heterocycles. The van der Waals surface area contributed by atoms with Gasteiger partial charge in [-0.05, 0) is 55.9 Å². The summed E-state index contributed by atoms with van der Waals surface area (Å²) in [5.74, 6) is 0.769. The summed E-state index contributed by atoms with van der Waals surface area (Å²) in [6.45, 7) is 5.02. The number of hydrogen-bond donors (Lipinski definition) is 1. The molecular formula is C23H30N2O4S. The second-order valence-electron chi connectivity index (χ2n) is 7.53. The number of rotatable bonds is 8. The van der Waals surface area contributed by atoms with Crippen LogP contribution in [0.5, 0.6) is 5.75 Å². The van der Waals surface area contributed by atoms with Crippen LogP contribution in [-0.2, 0) is 21.2 Å². The summed E-state index contributed by atoms with van der Waals surface area (Å²) in [6, 6.07) is 15.0. The molecule has 1 aliphatic rings. The Kier molecular flexibility index (Phi) is 7.50. The maximum atomic E-state index is 13.2. The van der Waals surface area contributed by atoms with E-state index in [1.54, 1.807) is 23.4 Å². The number of benzene rings is 2. The number of carbonyl (C=O) groups is 1. The summed E-state index contributed by atoms with van der Waals surface area (Å²) in [5, 5.41) is 2.75. The first-order valence-corrected chi connectivity index (χ1v) is 12.0. The molecule has 1 heterocycles. The molecule has 0 radical (unpaired) electrons. The fraction of sp³-hybridized carbons (Fsp3) is 0.435. The Labute approximate surface area is 179 Å². The molecular weight excluding hydrogens is 400 g/mol. The van der Waals surface area contributed by atoms with Crippen molar-refractivity contribution in [2.75, 3.05) is 25.0 Å². The Balaban J connectivity index is 1.72. The molecule has 0 aromatic heterocycles. The Morgan fingerprint density at radius 1 is 1.10 bits per heavy atom. The molecule has 1 amide bonds. The highest BCUT2D eigenvalue weighted by atomic mass is 32.2. The van der Waals surface area contributed by atoms with E-state index in [4.69, 9.17) is 4.74 Å². The van der Waals surface area contributed by atoms with E-state index < -0.39 is 10.0 Å². The van der Waals surface area contributed by atoms with Crippen molar-refractivity contribution >= 4 is 21.6 Å². The van der Waals surface area contributed by atoms with Gasteiger partial charge in [0, 0.05) is 19.5 Å². The van der Waals surface area contributed by atoms with Gasteiger partial charge >= 0.3 is 0 Å². The molecule has 1 fully saturated rings. The van der Waals surface area contributed by atoms with Crippen molar-refractivity contribution in [3.8, 4) is 5.75 Å². The first-order valence-electron chi connectivity index (χ1n) is 10.5. The van der Waals surface area contributed by atoms with E-state index >= 15 is 0 Å². The third kappa shape index (κ3) is 5.40. The molecule has 2 aromatic rings. The van der Waals surface area contributed by atoms with Crippen LogP contribution in [-0.4, -0.2) is 38.3 Å². The van der Waals surface area contributed by atoms with Gasteiger partial charge < -0.3 is 10.1 Å². The number of carbonyl (C=O) groups excluding carboxylic acids is 1. The van der Waals surface area contributed by atoms with Crippen LogP contribution >= 0.6 is 0 Å². The number of nitrogens with one attached hydrogen (secondary N) is 1. The number of ether oxygens (including phenoxy) is 1. The molecule has 162 valence electrons. The van der Waals surface area contributed by atoms with Gasteiger partial charge in [0.05, 0.1) is 17.2 Å². The van der Waals surface area contributed by atoms with E-state index in [9.17, 15) is 13.2 Å². The normalized spacial score (nSPS) is 15.7. The van der Waals surface area contributed by atoms with Crippen molar-refractivity contribution in [3.05, 3.63) is 54.1 Å². The number of nitrogens with zero attached hydrogens (tertiary/aromatic N) is 1. The zero-order valence-electron chi connectivity index (χ0n) is 17.6. The lowest BCUT2D eigenvalue weighted by molar-refractivity contribution is -0.115. The lowest BCUT2D eigenvalue weighted by atomic mass is 9.91. The lowest BCUT2D eigenvalue weighted by Crippen LogP contribution is -2.38. The summed E-state index contributed by atoms with van der Waals surface area (Å²) in [6.07, 6.45) is 2.96. The van der Waals surface area contributed by atoms with Crippen molar-refractivity contribution in [1.82, 2.24) is 4.31 Å². The largest absolute Gasteiger partial charge is 0.492 e. The molecule has 0 aliphatic carbocycles. The third-order valence-electron chi connectivity index (χ3n) is 5.42. The number of piperidine rings is 1. The molecule has 6 nitrogen and oxygen atoms in total. The van der Waals surface area contributed by atoms with Gasteiger partial charge in [-0.15, -0.1) is 0 Å². The van der Waals surface area contributed by atoms with Gasteiger partial charge in [0.2, 0.25) is 15.9 Å². The minimum Gasteiger partial charge on any atom is -0.492 e. The topological polar surface area (TPSA) is 75.7 Å². The Morgan fingerprint density at radius 3 is 2.43 bits per heavy atom. The van der Waals surface area contributed by atoms with Crippen molar-refractivity contribution in [2.24, 2.45) is 5.92 Å². The van der Waals surface area contributed by atoms with Gasteiger partial charge in [0.1, 0.15) is 5.75 Å². The minimum absolute atomic E-state index is 0.180. The van der Waals surface area contributed by atoms with Crippen molar-refractivity contribution in [1.29, 1.82) is 0 Å². The number of sulfonamides is 1. The summed E-state index contributed by atoms with van der Waals surface area (Å²) >= 11 is 0. The van der Waals surface area contributed by atoms with E-state index in [1.165, 1.54) is 11.6 Å². The summed E-state index contributed by atoms with van der Waals surface area (Å²) in [4.78, 5) is 12.0. The zero-order valence-corrected chi connectivity index (χ0v) is 18.5. The molecule has 0 unspecified atom stereocenters. The lowest BCUT2D eigenvalue weighted by Gasteiger charge is -2.31. The maximum absolute atomic E-state index is 13.2. The van der Waals surface area contributed by atoms with Crippen LogP contribution in [0.1, 0.15) is 38.7 Å². The monoisotopic (exact) mass is 430 g/mol. The molecule has 1 N–H and O–H groups in total. The fourth-order valence-corrected chi connectivity index (χ4v) is 5.23. The summed E-state index contributed by atoms with van der Waals surface area (Å²) in [5.41, 5.74) is 1.69. The molecule has 3 rings (SSSR count). The predicted molar refractivity (Wildman–Crippen MR) is 118 cm³/mol. The smallest absolute Gasteiger partial charge is 0.243 e. The second kappa shape index (κ2) is 10.1. The van der Waals surface area contributed by atoms with Crippen LogP contribution in [0.25, 0.3) is 0 Å².